The van der Waals surface area contributed by atoms with Crippen LogP contribution in [0.3, 0.4) is 0 Å². The highest BCUT2D eigenvalue weighted by Gasteiger charge is 2.51. The molecule has 2 aromatic carbocycles. The topological polar surface area (TPSA) is 38.7 Å². The third-order valence-corrected chi connectivity index (χ3v) is 6.66. The molecule has 3 nitrogen and oxygen atoms in total. The van der Waals surface area contributed by atoms with E-state index >= 15 is 0 Å². The van der Waals surface area contributed by atoms with Crippen LogP contribution >= 0.6 is 0 Å². The molecule has 1 heterocycles. The number of phenols is 1. The summed E-state index contributed by atoms with van der Waals surface area (Å²) in [5.74, 6) is 0.686. The SMILES string of the molecule is CC(C)[C@@](C)(c1ccc(O)cc1)c1ccc(B2OC(C)(C)C(C)(C)O2)cc1. The molecule has 0 amide bonds. The molecule has 2 aromatic rings. The number of rotatable bonds is 4. The van der Waals surface area contributed by atoms with Crippen LogP contribution in [0.15, 0.2) is 48.5 Å². The minimum Gasteiger partial charge on any atom is -0.508 e. The van der Waals surface area contributed by atoms with Crippen molar-refractivity contribution in [2.75, 3.05) is 0 Å². The first kappa shape index (κ1) is 20.0. The van der Waals surface area contributed by atoms with Gasteiger partial charge in [0.2, 0.25) is 0 Å². The van der Waals surface area contributed by atoms with E-state index in [9.17, 15) is 5.11 Å². The van der Waals surface area contributed by atoms with Crippen molar-refractivity contribution in [3.05, 3.63) is 59.7 Å². The Hall–Kier alpha value is -1.78. The summed E-state index contributed by atoms with van der Waals surface area (Å²) in [5.41, 5.74) is 2.64. The van der Waals surface area contributed by atoms with Gasteiger partial charge in [-0.3, -0.25) is 0 Å². The molecular weight excluding hydrogens is 335 g/mol. The summed E-state index contributed by atoms with van der Waals surface area (Å²) >= 11 is 0. The van der Waals surface area contributed by atoms with Gasteiger partial charge in [0, 0.05) is 5.41 Å². The molecule has 0 spiro atoms. The highest BCUT2D eigenvalue weighted by molar-refractivity contribution is 6.62. The Bertz CT molecular complexity index is 777. The van der Waals surface area contributed by atoms with Crippen LogP contribution in [-0.2, 0) is 14.7 Å². The van der Waals surface area contributed by atoms with Gasteiger partial charge in [-0.1, -0.05) is 57.2 Å². The summed E-state index contributed by atoms with van der Waals surface area (Å²) < 4.78 is 12.3. The van der Waals surface area contributed by atoms with Crippen LogP contribution in [0.1, 0.15) is 59.6 Å². The summed E-state index contributed by atoms with van der Waals surface area (Å²) in [5, 5.41) is 9.65. The molecule has 0 saturated carbocycles. The molecule has 1 aliphatic rings. The van der Waals surface area contributed by atoms with Gasteiger partial charge in [-0.05, 0) is 62.3 Å². The standard InChI is InChI=1S/C23H31BO3/c1-16(2)23(7,18-10-14-20(25)15-11-18)17-8-12-19(13-9-17)24-26-21(3,4)22(5,6)27-24/h8-16,25H,1-7H3/t23-/m1/s1. The number of hydrogen-bond donors (Lipinski definition) is 1. The van der Waals surface area contributed by atoms with E-state index in [0.717, 1.165) is 5.46 Å². The molecule has 1 N–H and O–H groups in total. The zero-order valence-corrected chi connectivity index (χ0v) is 17.5. The predicted octanol–water partition coefficient (Wildman–Crippen LogP) is 4.65. The molecule has 0 bridgehead atoms. The van der Waals surface area contributed by atoms with Crippen LogP contribution in [0.4, 0.5) is 0 Å². The van der Waals surface area contributed by atoms with Crippen LogP contribution in [0.2, 0.25) is 0 Å². The van der Waals surface area contributed by atoms with Crippen molar-refractivity contribution in [3.63, 3.8) is 0 Å². The van der Waals surface area contributed by atoms with Crippen molar-refractivity contribution in [2.45, 2.75) is 65.1 Å². The fourth-order valence-corrected chi connectivity index (χ4v) is 3.61. The third-order valence-electron chi connectivity index (χ3n) is 6.66. The molecule has 1 saturated heterocycles. The van der Waals surface area contributed by atoms with Crippen LogP contribution in [-0.4, -0.2) is 23.4 Å². The van der Waals surface area contributed by atoms with E-state index in [1.54, 1.807) is 12.1 Å². The van der Waals surface area contributed by atoms with Crippen LogP contribution in [0, 0.1) is 5.92 Å². The maximum Gasteiger partial charge on any atom is 0.494 e. The second-order valence-corrected chi connectivity index (χ2v) is 9.11. The normalized spacial score (nSPS) is 20.7. The first-order valence-electron chi connectivity index (χ1n) is 9.73. The predicted molar refractivity (Wildman–Crippen MR) is 112 cm³/mol. The Balaban J connectivity index is 1.92. The fourth-order valence-electron chi connectivity index (χ4n) is 3.61. The average Bonchev–Trinajstić information content (AvgIpc) is 2.82. The molecule has 0 radical (unpaired) electrons. The minimum atomic E-state index is -0.344. The van der Waals surface area contributed by atoms with E-state index in [4.69, 9.17) is 9.31 Å². The van der Waals surface area contributed by atoms with Gasteiger partial charge in [-0.25, -0.2) is 0 Å². The van der Waals surface area contributed by atoms with Gasteiger partial charge in [0.25, 0.3) is 0 Å². The highest BCUT2D eigenvalue weighted by atomic mass is 16.7. The first-order chi connectivity index (χ1) is 12.5. The molecule has 0 aliphatic carbocycles. The quantitative estimate of drug-likeness (QED) is 0.801. The molecule has 4 heteroatoms. The van der Waals surface area contributed by atoms with Crippen molar-refractivity contribution >= 4 is 12.6 Å². The van der Waals surface area contributed by atoms with Crippen molar-refractivity contribution in [3.8, 4) is 5.75 Å². The monoisotopic (exact) mass is 366 g/mol. The average molecular weight is 366 g/mol. The molecule has 27 heavy (non-hydrogen) atoms. The van der Waals surface area contributed by atoms with E-state index in [2.05, 4.69) is 72.7 Å². The maximum absolute atomic E-state index is 9.65. The molecule has 1 atom stereocenters. The Morgan fingerprint density at radius 3 is 1.63 bits per heavy atom. The maximum atomic E-state index is 9.65. The Labute approximate surface area is 163 Å². The van der Waals surface area contributed by atoms with Crippen molar-refractivity contribution in [1.82, 2.24) is 0 Å². The lowest BCUT2D eigenvalue weighted by Gasteiger charge is -2.35. The van der Waals surface area contributed by atoms with E-state index in [-0.39, 0.29) is 23.7 Å². The highest BCUT2D eigenvalue weighted by Crippen LogP contribution is 2.40. The van der Waals surface area contributed by atoms with Crippen LogP contribution in [0.5, 0.6) is 5.75 Å². The van der Waals surface area contributed by atoms with Crippen molar-refractivity contribution < 1.29 is 14.4 Å². The molecule has 3 rings (SSSR count). The first-order valence-corrected chi connectivity index (χ1v) is 9.73. The minimum absolute atomic E-state index is 0.151. The Kier molecular flexibility index (Phi) is 4.94. The third kappa shape index (κ3) is 3.41. The fraction of sp³-hybridized carbons (Fsp3) is 0.478. The summed E-state index contributed by atoms with van der Waals surface area (Å²) in [6, 6.07) is 16.1. The zero-order chi connectivity index (χ0) is 20.0. The molecule has 0 unspecified atom stereocenters. The van der Waals surface area contributed by atoms with Gasteiger partial charge in [0.1, 0.15) is 5.75 Å². The van der Waals surface area contributed by atoms with E-state index < -0.39 is 0 Å². The molecule has 144 valence electrons. The summed E-state index contributed by atoms with van der Waals surface area (Å²) in [4.78, 5) is 0. The summed E-state index contributed by atoms with van der Waals surface area (Å²) in [6.07, 6.45) is 0. The van der Waals surface area contributed by atoms with Crippen LogP contribution < -0.4 is 5.46 Å². The second-order valence-electron chi connectivity index (χ2n) is 9.11. The lowest BCUT2D eigenvalue weighted by molar-refractivity contribution is 0.00578. The van der Waals surface area contributed by atoms with E-state index in [1.807, 2.05) is 12.1 Å². The molecule has 1 aliphatic heterocycles. The molecule has 0 aromatic heterocycles. The van der Waals surface area contributed by atoms with Gasteiger partial charge in [-0.2, -0.15) is 0 Å². The molecule has 1 fully saturated rings. The number of benzene rings is 2. The number of hydrogen-bond acceptors (Lipinski definition) is 3. The Morgan fingerprint density at radius 2 is 1.22 bits per heavy atom. The second kappa shape index (κ2) is 6.68. The van der Waals surface area contributed by atoms with Gasteiger partial charge in [-0.15, -0.1) is 0 Å². The Morgan fingerprint density at radius 1 is 0.815 bits per heavy atom. The summed E-state index contributed by atoms with van der Waals surface area (Å²) in [6.45, 7) is 15.0. The zero-order valence-electron chi connectivity index (χ0n) is 17.5. The van der Waals surface area contributed by atoms with Crippen molar-refractivity contribution in [2.24, 2.45) is 5.92 Å². The van der Waals surface area contributed by atoms with Gasteiger partial charge in [0.05, 0.1) is 11.2 Å². The van der Waals surface area contributed by atoms with E-state index in [1.165, 1.54) is 11.1 Å². The van der Waals surface area contributed by atoms with Crippen LogP contribution in [0.25, 0.3) is 0 Å². The molecular formula is C23H31BO3. The smallest absolute Gasteiger partial charge is 0.494 e. The van der Waals surface area contributed by atoms with Crippen molar-refractivity contribution in [1.29, 1.82) is 0 Å². The van der Waals surface area contributed by atoms with E-state index in [0.29, 0.717) is 11.7 Å². The number of phenolic OH excluding ortho intramolecular Hbond substituents is 1. The lowest BCUT2D eigenvalue weighted by Crippen LogP contribution is -2.41. The van der Waals surface area contributed by atoms with Gasteiger partial charge >= 0.3 is 7.12 Å². The van der Waals surface area contributed by atoms with Gasteiger partial charge < -0.3 is 14.4 Å². The number of aromatic hydroxyl groups is 1. The lowest BCUT2D eigenvalue weighted by atomic mass is 9.67. The largest absolute Gasteiger partial charge is 0.508 e. The van der Waals surface area contributed by atoms with Gasteiger partial charge in [0.15, 0.2) is 0 Å². The summed E-state index contributed by atoms with van der Waals surface area (Å²) in [7, 11) is -0.344.